The van der Waals surface area contributed by atoms with Gasteiger partial charge in [0, 0.05) is 31.5 Å². The Labute approximate surface area is 194 Å². The molecular weight excluding hydrogens is 414 g/mol. The number of aromatic amines is 1. The van der Waals surface area contributed by atoms with Crippen molar-refractivity contribution < 1.29 is 4.79 Å². The highest BCUT2D eigenvalue weighted by Crippen LogP contribution is 2.32. The number of H-pyrrole nitrogens is 1. The molecule has 2 aliphatic heterocycles. The first-order chi connectivity index (χ1) is 15.9. The Morgan fingerprint density at radius 2 is 1.97 bits per heavy atom. The Morgan fingerprint density at radius 1 is 1.18 bits per heavy atom. The first-order valence-electron chi connectivity index (χ1n) is 12.1. The van der Waals surface area contributed by atoms with Gasteiger partial charge in [0.1, 0.15) is 0 Å². The standard InChI is InChI=1S/C26H33N5O2/c1-17(2)25(32)30-13-11-21-20(16-30)26(33)31-24(27-21)14-22(28-31)23-6-4-5-12-29(23)15-19-9-7-18(3)8-10-19/h7-10,14,17,23,28H,4-6,11-13,15-16H2,1-3H3/t23-/m0/s1. The van der Waals surface area contributed by atoms with Crippen LogP contribution in [0.3, 0.4) is 0 Å². The molecule has 1 atom stereocenters. The van der Waals surface area contributed by atoms with E-state index in [2.05, 4.69) is 41.2 Å². The van der Waals surface area contributed by atoms with Gasteiger partial charge in [-0.1, -0.05) is 50.1 Å². The zero-order chi connectivity index (χ0) is 23.1. The number of piperidine rings is 1. The van der Waals surface area contributed by atoms with E-state index in [-0.39, 0.29) is 23.4 Å². The van der Waals surface area contributed by atoms with Crippen molar-refractivity contribution in [3.63, 3.8) is 0 Å². The highest BCUT2D eigenvalue weighted by Gasteiger charge is 2.29. The average molecular weight is 448 g/mol. The van der Waals surface area contributed by atoms with Crippen molar-refractivity contribution in [3.8, 4) is 0 Å². The number of likely N-dealkylation sites (tertiary alicyclic amines) is 1. The summed E-state index contributed by atoms with van der Waals surface area (Å²) in [4.78, 5) is 35.0. The van der Waals surface area contributed by atoms with E-state index in [1.807, 2.05) is 19.9 Å². The molecule has 2 aliphatic rings. The molecule has 1 amide bonds. The minimum atomic E-state index is -0.0802. The highest BCUT2D eigenvalue weighted by molar-refractivity contribution is 5.78. The largest absolute Gasteiger partial charge is 0.337 e. The molecular formula is C26H33N5O2. The summed E-state index contributed by atoms with van der Waals surface area (Å²) in [7, 11) is 0. The van der Waals surface area contributed by atoms with Crippen molar-refractivity contribution in [3.05, 3.63) is 68.8 Å². The first kappa shape index (κ1) is 21.9. The predicted molar refractivity (Wildman–Crippen MR) is 128 cm³/mol. The van der Waals surface area contributed by atoms with Gasteiger partial charge in [0.25, 0.3) is 5.56 Å². The van der Waals surface area contributed by atoms with Gasteiger partial charge in [0.2, 0.25) is 5.91 Å². The van der Waals surface area contributed by atoms with Crippen molar-refractivity contribution in [2.24, 2.45) is 5.92 Å². The monoisotopic (exact) mass is 447 g/mol. The third kappa shape index (κ3) is 4.22. The van der Waals surface area contributed by atoms with E-state index in [0.29, 0.717) is 30.7 Å². The number of carbonyl (C=O) groups excluding carboxylic acids is 1. The Balaban J connectivity index is 1.45. The van der Waals surface area contributed by atoms with Crippen LogP contribution in [-0.4, -0.2) is 43.4 Å². The van der Waals surface area contributed by atoms with E-state index in [9.17, 15) is 9.59 Å². The molecule has 0 unspecified atom stereocenters. The third-order valence-electron chi connectivity index (χ3n) is 7.07. The Bertz CT molecular complexity index is 1220. The lowest BCUT2D eigenvalue weighted by Crippen LogP contribution is -2.41. The Morgan fingerprint density at radius 3 is 2.73 bits per heavy atom. The summed E-state index contributed by atoms with van der Waals surface area (Å²) in [6, 6.07) is 11.0. The van der Waals surface area contributed by atoms with Gasteiger partial charge in [-0.2, -0.15) is 0 Å². The smallest absolute Gasteiger partial charge is 0.277 e. The van der Waals surface area contributed by atoms with Crippen molar-refractivity contribution in [2.75, 3.05) is 13.1 Å². The number of hydrogen-bond acceptors (Lipinski definition) is 4. The summed E-state index contributed by atoms with van der Waals surface area (Å²) in [6.45, 7) is 8.81. The molecule has 0 saturated carbocycles. The van der Waals surface area contributed by atoms with Gasteiger partial charge < -0.3 is 4.90 Å². The molecule has 7 heteroatoms. The molecule has 5 rings (SSSR count). The average Bonchev–Trinajstić information content (AvgIpc) is 3.24. The lowest BCUT2D eigenvalue weighted by atomic mass is 9.98. The maximum absolute atomic E-state index is 13.4. The summed E-state index contributed by atoms with van der Waals surface area (Å²) < 4.78 is 1.58. The summed E-state index contributed by atoms with van der Waals surface area (Å²) in [5.41, 5.74) is 5.70. The molecule has 0 aliphatic carbocycles. The fourth-order valence-electron chi connectivity index (χ4n) is 5.18. The van der Waals surface area contributed by atoms with E-state index in [0.717, 1.165) is 30.9 Å². The topological polar surface area (TPSA) is 73.7 Å². The predicted octanol–water partition coefficient (Wildman–Crippen LogP) is 3.60. The normalized spacial score (nSPS) is 19.3. The Hall–Kier alpha value is -2.93. The number of nitrogens with one attached hydrogen (secondary N) is 1. The van der Waals surface area contributed by atoms with E-state index in [4.69, 9.17) is 4.98 Å². The van der Waals surface area contributed by atoms with Crippen molar-refractivity contribution in [1.82, 2.24) is 24.4 Å². The number of aromatic nitrogens is 3. The molecule has 0 spiro atoms. The molecule has 7 nitrogen and oxygen atoms in total. The van der Waals surface area contributed by atoms with Gasteiger partial charge in [-0.3, -0.25) is 19.6 Å². The lowest BCUT2D eigenvalue weighted by Gasteiger charge is -2.35. The highest BCUT2D eigenvalue weighted by atomic mass is 16.2. The molecule has 174 valence electrons. The van der Waals surface area contributed by atoms with Gasteiger partial charge in [-0.15, -0.1) is 0 Å². The maximum atomic E-state index is 13.4. The number of amides is 1. The summed E-state index contributed by atoms with van der Waals surface area (Å²) in [6.07, 6.45) is 4.05. The van der Waals surface area contributed by atoms with E-state index < -0.39 is 0 Å². The van der Waals surface area contributed by atoms with Crippen LogP contribution in [0.2, 0.25) is 0 Å². The zero-order valence-corrected chi connectivity index (χ0v) is 19.8. The van der Waals surface area contributed by atoms with Crippen LogP contribution in [0.1, 0.15) is 67.2 Å². The second-order valence-corrected chi connectivity index (χ2v) is 9.88. The SMILES string of the molecule is Cc1ccc(CN2CCCC[C@H]2c2cc3nc4c(c(=O)n3[nH]2)CN(C(=O)C(C)C)CC4)cc1. The molecule has 33 heavy (non-hydrogen) atoms. The van der Waals surface area contributed by atoms with Crippen LogP contribution in [0.5, 0.6) is 0 Å². The number of aryl methyl sites for hydroxylation is 1. The fraction of sp³-hybridized carbons (Fsp3) is 0.500. The van der Waals surface area contributed by atoms with E-state index in [1.165, 1.54) is 24.0 Å². The number of hydrogen-bond donors (Lipinski definition) is 1. The second-order valence-electron chi connectivity index (χ2n) is 9.88. The molecule has 0 radical (unpaired) electrons. The molecule has 1 N–H and O–H groups in total. The van der Waals surface area contributed by atoms with Crippen LogP contribution in [0, 0.1) is 12.8 Å². The molecule has 2 aromatic heterocycles. The van der Waals surface area contributed by atoms with Crippen molar-refractivity contribution in [2.45, 2.75) is 65.6 Å². The number of nitrogens with zero attached hydrogens (tertiary/aromatic N) is 4. The summed E-state index contributed by atoms with van der Waals surface area (Å²) >= 11 is 0. The minimum absolute atomic E-state index is 0.0751. The van der Waals surface area contributed by atoms with Crippen LogP contribution in [-0.2, 0) is 24.3 Å². The third-order valence-corrected chi connectivity index (χ3v) is 7.07. The summed E-state index contributed by atoms with van der Waals surface area (Å²) in [5.74, 6) is 0.0141. The lowest BCUT2D eigenvalue weighted by molar-refractivity contribution is -0.135. The second kappa shape index (κ2) is 8.78. The van der Waals surface area contributed by atoms with Gasteiger partial charge in [-0.05, 0) is 31.9 Å². The molecule has 1 fully saturated rings. The van der Waals surface area contributed by atoms with Crippen LogP contribution < -0.4 is 5.56 Å². The van der Waals surface area contributed by atoms with Crippen molar-refractivity contribution in [1.29, 1.82) is 0 Å². The van der Waals surface area contributed by atoms with Crippen molar-refractivity contribution >= 4 is 11.6 Å². The molecule has 4 heterocycles. The minimum Gasteiger partial charge on any atom is -0.337 e. The van der Waals surface area contributed by atoms with Gasteiger partial charge in [0.15, 0.2) is 5.65 Å². The zero-order valence-electron chi connectivity index (χ0n) is 19.8. The van der Waals surface area contributed by atoms with Crippen LogP contribution in [0.25, 0.3) is 5.65 Å². The number of rotatable bonds is 4. The summed E-state index contributed by atoms with van der Waals surface area (Å²) in [5, 5.41) is 3.37. The Kier molecular flexibility index (Phi) is 5.83. The maximum Gasteiger partial charge on any atom is 0.277 e. The first-order valence-corrected chi connectivity index (χ1v) is 12.1. The number of carbonyl (C=O) groups is 1. The van der Waals surface area contributed by atoms with Crippen LogP contribution in [0.4, 0.5) is 0 Å². The number of benzene rings is 1. The van der Waals surface area contributed by atoms with Gasteiger partial charge >= 0.3 is 0 Å². The quantitative estimate of drug-likeness (QED) is 0.663. The molecule has 1 saturated heterocycles. The molecule has 0 bridgehead atoms. The number of fused-ring (bicyclic) bond motifs is 2. The molecule has 1 aromatic carbocycles. The van der Waals surface area contributed by atoms with E-state index in [1.54, 1.807) is 9.42 Å². The van der Waals surface area contributed by atoms with Crippen LogP contribution >= 0.6 is 0 Å². The van der Waals surface area contributed by atoms with Crippen LogP contribution in [0.15, 0.2) is 35.1 Å². The van der Waals surface area contributed by atoms with Gasteiger partial charge in [-0.25, -0.2) is 9.50 Å². The molecule has 3 aromatic rings. The fourth-order valence-corrected chi connectivity index (χ4v) is 5.18. The van der Waals surface area contributed by atoms with E-state index >= 15 is 0 Å². The van der Waals surface area contributed by atoms with Gasteiger partial charge in [0.05, 0.1) is 29.5 Å².